The molecule has 0 aliphatic heterocycles. The second-order valence-corrected chi connectivity index (χ2v) is 6.60. The Kier molecular flexibility index (Phi) is 3.22. The molecule has 1 heterocycles. The number of nitrogens with one attached hydrogen (secondary N) is 2. The van der Waals surface area contributed by atoms with Gasteiger partial charge < -0.3 is 5.32 Å². The molecule has 5 heteroatoms. The van der Waals surface area contributed by atoms with Gasteiger partial charge in [-0.05, 0) is 54.3 Å². The lowest BCUT2D eigenvalue weighted by Crippen LogP contribution is -2.23. The normalized spacial score (nSPS) is 16.7. The zero-order valence-corrected chi connectivity index (χ0v) is 13.4. The topological polar surface area (TPSA) is 57.8 Å². The van der Waals surface area contributed by atoms with Gasteiger partial charge >= 0.3 is 0 Å². The molecule has 22 heavy (non-hydrogen) atoms. The van der Waals surface area contributed by atoms with Crippen LogP contribution in [0.25, 0.3) is 10.9 Å². The molecule has 1 aromatic heterocycles. The van der Waals surface area contributed by atoms with E-state index < -0.39 is 0 Å². The highest BCUT2D eigenvalue weighted by molar-refractivity contribution is 9.10. The number of halogens is 1. The van der Waals surface area contributed by atoms with Crippen LogP contribution in [0.2, 0.25) is 0 Å². The van der Waals surface area contributed by atoms with Crippen molar-refractivity contribution in [3.63, 3.8) is 0 Å². The fourth-order valence-corrected chi connectivity index (χ4v) is 3.45. The highest BCUT2D eigenvalue weighted by Gasteiger charge is 2.27. The number of aromatic amines is 1. The Bertz CT molecular complexity index is 871. The van der Waals surface area contributed by atoms with Gasteiger partial charge in [-0.25, -0.2) is 0 Å². The van der Waals surface area contributed by atoms with E-state index in [-0.39, 0.29) is 11.8 Å². The van der Waals surface area contributed by atoms with Crippen molar-refractivity contribution < 1.29 is 4.79 Å². The first-order valence-corrected chi connectivity index (χ1v) is 7.99. The van der Waals surface area contributed by atoms with Gasteiger partial charge in [-0.3, -0.25) is 9.89 Å². The van der Waals surface area contributed by atoms with E-state index in [1.54, 1.807) is 6.20 Å². The fourth-order valence-electron chi connectivity index (χ4n) is 3.04. The fraction of sp³-hybridized carbons (Fsp3) is 0.176. The predicted molar refractivity (Wildman–Crippen MR) is 89.8 cm³/mol. The molecule has 2 N–H and O–H groups in total. The van der Waals surface area contributed by atoms with Gasteiger partial charge in [0, 0.05) is 21.5 Å². The number of anilines is 1. The molecule has 0 saturated heterocycles. The monoisotopic (exact) mass is 355 g/mol. The molecule has 0 bridgehead atoms. The van der Waals surface area contributed by atoms with E-state index in [0.29, 0.717) is 0 Å². The van der Waals surface area contributed by atoms with Crippen molar-refractivity contribution in [3.05, 3.63) is 58.2 Å². The number of amides is 1. The van der Waals surface area contributed by atoms with Crippen molar-refractivity contribution in [3.8, 4) is 0 Å². The van der Waals surface area contributed by atoms with E-state index in [2.05, 4.69) is 43.6 Å². The van der Waals surface area contributed by atoms with Crippen LogP contribution in [0.15, 0.2) is 47.1 Å². The van der Waals surface area contributed by atoms with Gasteiger partial charge in [0.25, 0.3) is 0 Å². The van der Waals surface area contributed by atoms with E-state index in [0.717, 1.165) is 33.9 Å². The molecule has 2 aromatic carbocycles. The van der Waals surface area contributed by atoms with Crippen LogP contribution >= 0.6 is 15.9 Å². The average molecular weight is 356 g/mol. The third-order valence-corrected chi connectivity index (χ3v) is 4.67. The van der Waals surface area contributed by atoms with Crippen LogP contribution < -0.4 is 5.32 Å². The van der Waals surface area contributed by atoms with Gasteiger partial charge in [0.2, 0.25) is 5.91 Å². The number of benzene rings is 2. The Labute approximate surface area is 136 Å². The Morgan fingerprint density at radius 2 is 2.05 bits per heavy atom. The molecular formula is C17H14BrN3O. The first-order valence-electron chi connectivity index (χ1n) is 7.20. The van der Waals surface area contributed by atoms with Crippen molar-refractivity contribution in [2.24, 2.45) is 5.92 Å². The van der Waals surface area contributed by atoms with E-state index in [1.807, 2.05) is 24.3 Å². The largest absolute Gasteiger partial charge is 0.326 e. The zero-order chi connectivity index (χ0) is 15.1. The predicted octanol–water partition coefficient (Wildman–Crippen LogP) is 3.68. The number of H-pyrrole nitrogens is 1. The smallest absolute Gasteiger partial charge is 0.228 e. The minimum Gasteiger partial charge on any atom is -0.326 e. The highest BCUT2D eigenvalue weighted by atomic mass is 79.9. The summed E-state index contributed by atoms with van der Waals surface area (Å²) in [7, 11) is 0. The van der Waals surface area contributed by atoms with Crippen molar-refractivity contribution in [2.45, 2.75) is 12.8 Å². The van der Waals surface area contributed by atoms with Gasteiger partial charge in [0.05, 0.1) is 11.7 Å². The molecule has 0 spiro atoms. The number of rotatable bonds is 2. The molecule has 1 unspecified atom stereocenters. The molecule has 0 radical (unpaired) electrons. The van der Waals surface area contributed by atoms with E-state index in [1.165, 1.54) is 11.1 Å². The molecule has 1 aliphatic rings. The summed E-state index contributed by atoms with van der Waals surface area (Å²) in [5, 5.41) is 10.9. The number of nitrogens with zero attached hydrogens (tertiary/aromatic N) is 1. The maximum atomic E-state index is 12.5. The number of hydrogen-bond acceptors (Lipinski definition) is 2. The summed E-state index contributed by atoms with van der Waals surface area (Å²) in [5.41, 5.74) is 4.32. The Balaban J connectivity index is 1.51. The molecule has 0 fully saturated rings. The summed E-state index contributed by atoms with van der Waals surface area (Å²) >= 11 is 3.49. The second kappa shape index (κ2) is 5.25. The summed E-state index contributed by atoms with van der Waals surface area (Å²) in [4.78, 5) is 12.5. The minimum atomic E-state index is 0.00402. The van der Waals surface area contributed by atoms with Gasteiger partial charge in [-0.15, -0.1) is 0 Å². The Morgan fingerprint density at radius 3 is 2.95 bits per heavy atom. The molecule has 4 nitrogen and oxygen atoms in total. The lowest BCUT2D eigenvalue weighted by Gasteiger charge is -2.10. The summed E-state index contributed by atoms with van der Waals surface area (Å²) in [6.45, 7) is 0. The maximum absolute atomic E-state index is 12.5. The van der Waals surface area contributed by atoms with Crippen LogP contribution in [-0.4, -0.2) is 16.1 Å². The van der Waals surface area contributed by atoms with Gasteiger partial charge in [-0.1, -0.05) is 22.0 Å². The van der Waals surface area contributed by atoms with E-state index in [4.69, 9.17) is 0 Å². The van der Waals surface area contributed by atoms with Crippen LogP contribution in [0, 0.1) is 5.92 Å². The van der Waals surface area contributed by atoms with Crippen LogP contribution in [0.5, 0.6) is 0 Å². The lowest BCUT2D eigenvalue weighted by atomic mass is 10.1. The SMILES string of the molecule is O=C(Nc1ccc2[nH]ncc2c1)C1Cc2ccc(Br)cc2C1. The highest BCUT2D eigenvalue weighted by Crippen LogP contribution is 2.30. The molecule has 3 aromatic rings. The van der Waals surface area contributed by atoms with Crippen LogP contribution in [0.1, 0.15) is 11.1 Å². The molecule has 110 valence electrons. The molecule has 1 atom stereocenters. The number of aromatic nitrogens is 2. The van der Waals surface area contributed by atoms with Gasteiger partial charge in [0.15, 0.2) is 0 Å². The maximum Gasteiger partial charge on any atom is 0.228 e. The first-order chi connectivity index (χ1) is 10.7. The van der Waals surface area contributed by atoms with Crippen LogP contribution in [-0.2, 0) is 17.6 Å². The van der Waals surface area contributed by atoms with E-state index >= 15 is 0 Å². The number of hydrogen-bond donors (Lipinski definition) is 2. The quantitative estimate of drug-likeness (QED) is 0.736. The third-order valence-electron chi connectivity index (χ3n) is 4.18. The van der Waals surface area contributed by atoms with E-state index in [9.17, 15) is 4.79 Å². The summed E-state index contributed by atoms with van der Waals surface area (Å²) in [5.74, 6) is 0.0829. The first kappa shape index (κ1) is 13.5. The molecule has 4 rings (SSSR count). The van der Waals surface area contributed by atoms with Crippen LogP contribution in [0.4, 0.5) is 5.69 Å². The number of carbonyl (C=O) groups is 1. The minimum absolute atomic E-state index is 0.00402. The van der Waals surface area contributed by atoms with Gasteiger partial charge in [0.1, 0.15) is 0 Å². The van der Waals surface area contributed by atoms with Crippen molar-refractivity contribution in [2.75, 3.05) is 5.32 Å². The standard InChI is InChI=1S/C17H14BrN3O/c18-14-2-1-10-5-12(6-11(10)7-14)17(22)20-15-3-4-16-13(8-15)9-19-21-16/h1-4,7-9,12H,5-6H2,(H,19,21)(H,20,22). The molecule has 1 aliphatic carbocycles. The zero-order valence-electron chi connectivity index (χ0n) is 11.8. The summed E-state index contributed by atoms with van der Waals surface area (Å²) in [6, 6.07) is 12.0. The Hall–Kier alpha value is -2.14. The molecule has 0 saturated carbocycles. The average Bonchev–Trinajstić information content (AvgIpc) is 3.12. The number of fused-ring (bicyclic) bond motifs is 2. The molecular weight excluding hydrogens is 342 g/mol. The van der Waals surface area contributed by atoms with Crippen molar-refractivity contribution in [1.29, 1.82) is 0 Å². The van der Waals surface area contributed by atoms with Crippen molar-refractivity contribution in [1.82, 2.24) is 10.2 Å². The summed E-state index contributed by atoms with van der Waals surface area (Å²) < 4.78 is 1.07. The number of carbonyl (C=O) groups excluding carboxylic acids is 1. The molecule has 1 amide bonds. The second-order valence-electron chi connectivity index (χ2n) is 5.68. The van der Waals surface area contributed by atoms with Crippen LogP contribution in [0.3, 0.4) is 0 Å². The van der Waals surface area contributed by atoms with Crippen molar-refractivity contribution >= 4 is 38.4 Å². The summed E-state index contributed by atoms with van der Waals surface area (Å²) in [6.07, 6.45) is 3.37. The lowest BCUT2D eigenvalue weighted by molar-refractivity contribution is -0.119. The Morgan fingerprint density at radius 1 is 1.18 bits per heavy atom. The van der Waals surface area contributed by atoms with Gasteiger partial charge in [-0.2, -0.15) is 5.10 Å². The third kappa shape index (κ3) is 2.41.